The van der Waals surface area contributed by atoms with Gasteiger partial charge in [-0.05, 0) is 86.8 Å². The number of piperazine rings is 1. The van der Waals surface area contributed by atoms with Gasteiger partial charge in [-0.2, -0.15) is 0 Å². The number of hydrogen-bond donors (Lipinski definition) is 1. The van der Waals surface area contributed by atoms with Crippen molar-refractivity contribution in [3.63, 3.8) is 0 Å². The van der Waals surface area contributed by atoms with E-state index in [1.807, 2.05) is 86.3 Å². The molecule has 1 fully saturated rings. The van der Waals surface area contributed by atoms with E-state index in [2.05, 4.69) is 15.7 Å². The quantitative estimate of drug-likeness (QED) is 0.398. The zero-order chi connectivity index (χ0) is 24.8. The molecule has 35 heavy (non-hydrogen) atoms. The molecule has 3 aromatic rings. The maximum atomic E-state index is 13.4. The van der Waals surface area contributed by atoms with Gasteiger partial charge in [-0.3, -0.25) is 4.79 Å². The van der Waals surface area contributed by atoms with Gasteiger partial charge in [0.2, 0.25) is 0 Å². The van der Waals surface area contributed by atoms with Crippen molar-refractivity contribution in [2.24, 2.45) is 0 Å². The maximum absolute atomic E-state index is 13.4. The molecule has 1 amide bonds. The normalized spacial score (nSPS) is 13.6. The lowest BCUT2D eigenvalue weighted by molar-refractivity contribution is 0.0745. The second kappa shape index (κ2) is 11.4. The molecule has 0 atom stereocenters. The number of amides is 1. The van der Waals surface area contributed by atoms with Crippen LogP contribution in [0.1, 0.15) is 29.8 Å². The first-order chi connectivity index (χ1) is 16.9. The molecule has 1 aliphatic rings. The van der Waals surface area contributed by atoms with Gasteiger partial charge in [0.15, 0.2) is 0 Å². The summed E-state index contributed by atoms with van der Waals surface area (Å²) in [6.07, 6.45) is 0.149. The number of anilines is 2. The molecule has 184 valence electrons. The lowest BCUT2D eigenvalue weighted by Gasteiger charge is -2.36. The molecule has 4 rings (SSSR count). The van der Waals surface area contributed by atoms with Crippen LogP contribution in [0.15, 0.2) is 71.6 Å². The molecule has 0 aliphatic carbocycles. The minimum Gasteiger partial charge on any atom is -0.495 e. The third-order valence-corrected chi connectivity index (χ3v) is 6.77. The molecule has 7 heteroatoms. The molecule has 1 N–H and O–H groups in total. The topological polar surface area (TPSA) is 54.0 Å². The molecule has 0 radical (unpaired) electrons. The molecule has 1 saturated heterocycles. The Morgan fingerprint density at radius 2 is 1.69 bits per heavy atom. The van der Waals surface area contributed by atoms with Crippen LogP contribution in [0.3, 0.4) is 0 Å². The van der Waals surface area contributed by atoms with Gasteiger partial charge in [0, 0.05) is 42.3 Å². The Hall–Kier alpha value is -3.32. The van der Waals surface area contributed by atoms with Crippen LogP contribution in [0, 0.1) is 6.92 Å². The summed E-state index contributed by atoms with van der Waals surface area (Å²) >= 11 is 1.50. The van der Waals surface area contributed by atoms with Crippen molar-refractivity contribution in [2.45, 2.75) is 31.8 Å². The fourth-order valence-corrected chi connectivity index (χ4v) is 4.78. The number of methoxy groups -OCH3 is 1. The Labute approximate surface area is 212 Å². The molecule has 1 aliphatic heterocycles. The number of carbonyl (C=O) groups excluding carboxylic acids is 1. The standard InChI is InChI=1S/C28H33N3O3S/c1-20(2)34-23-12-10-22(11-13-23)29-35-24-14-9-21(3)25(19-24)28(32)31-17-15-30(16-18-31)26-7-5-6-8-27(26)33-4/h5-14,19-20,29H,15-18H2,1-4H3. The molecular formula is C28H33N3O3S. The van der Waals surface area contributed by atoms with Crippen LogP contribution in [0.25, 0.3) is 0 Å². The predicted octanol–water partition coefficient (Wildman–Crippen LogP) is 5.87. The zero-order valence-corrected chi connectivity index (χ0v) is 21.6. The number of hydrogen-bond acceptors (Lipinski definition) is 6. The lowest BCUT2D eigenvalue weighted by atomic mass is 10.1. The van der Waals surface area contributed by atoms with E-state index in [1.165, 1.54) is 11.9 Å². The number of aryl methyl sites for hydroxylation is 1. The Balaban J connectivity index is 1.37. The minimum atomic E-state index is 0.0832. The first-order valence-electron chi connectivity index (χ1n) is 11.9. The van der Waals surface area contributed by atoms with Crippen LogP contribution >= 0.6 is 11.9 Å². The van der Waals surface area contributed by atoms with Gasteiger partial charge in [-0.25, -0.2) is 0 Å². The number of ether oxygens (including phenoxy) is 2. The monoisotopic (exact) mass is 491 g/mol. The predicted molar refractivity (Wildman–Crippen MR) is 144 cm³/mol. The van der Waals surface area contributed by atoms with Crippen LogP contribution in [0.4, 0.5) is 11.4 Å². The average molecular weight is 492 g/mol. The van der Waals surface area contributed by atoms with Crippen molar-refractivity contribution in [3.8, 4) is 11.5 Å². The Bertz CT molecular complexity index is 1140. The zero-order valence-electron chi connectivity index (χ0n) is 20.8. The van der Waals surface area contributed by atoms with E-state index in [9.17, 15) is 4.79 Å². The summed E-state index contributed by atoms with van der Waals surface area (Å²) in [4.78, 5) is 18.6. The Morgan fingerprint density at radius 3 is 2.37 bits per heavy atom. The number of benzene rings is 3. The van der Waals surface area contributed by atoms with Crippen molar-refractivity contribution in [3.05, 3.63) is 77.9 Å². The van der Waals surface area contributed by atoms with E-state index in [0.29, 0.717) is 13.1 Å². The Morgan fingerprint density at radius 1 is 0.971 bits per heavy atom. The van der Waals surface area contributed by atoms with Gasteiger partial charge in [-0.15, -0.1) is 0 Å². The van der Waals surface area contributed by atoms with Gasteiger partial charge < -0.3 is 24.0 Å². The average Bonchev–Trinajstić information content (AvgIpc) is 2.88. The highest BCUT2D eigenvalue weighted by molar-refractivity contribution is 8.00. The number of rotatable bonds is 8. The second-order valence-electron chi connectivity index (χ2n) is 8.82. The lowest BCUT2D eigenvalue weighted by Crippen LogP contribution is -2.49. The van der Waals surface area contributed by atoms with Crippen LogP contribution in [0.5, 0.6) is 11.5 Å². The molecule has 1 heterocycles. The molecular weight excluding hydrogens is 458 g/mol. The van der Waals surface area contributed by atoms with Crippen molar-refractivity contribution in [1.82, 2.24) is 4.90 Å². The summed E-state index contributed by atoms with van der Waals surface area (Å²) in [5.41, 5.74) is 3.79. The smallest absolute Gasteiger partial charge is 0.254 e. The Kier molecular flexibility index (Phi) is 8.08. The molecule has 0 spiro atoms. The third kappa shape index (κ3) is 6.22. The molecule has 0 aromatic heterocycles. The van der Waals surface area contributed by atoms with Crippen LogP contribution < -0.4 is 19.1 Å². The summed E-state index contributed by atoms with van der Waals surface area (Å²) in [6.45, 7) is 8.92. The highest BCUT2D eigenvalue weighted by Gasteiger charge is 2.24. The van der Waals surface area contributed by atoms with Crippen LogP contribution in [-0.4, -0.2) is 50.2 Å². The van der Waals surface area contributed by atoms with E-state index in [0.717, 1.165) is 52.0 Å². The van der Waals surface area contributed by atoms with E-state index in [4.69, 9.17) is 9.47 Å². The van der Waals surface area contributed by atoms with Crippen LogP contribution in [-0.2, 0) is 0 Å². The first kappa shape index (κ1) is 24.8. The van der Waals surface area contributed by atoms with E-state index in [1.54, 1.807) is 7.11 Å². The number of nitrogens with one attached hydrogen (secondary N) is 1. The van der Waals surface area contributed by atoms with E-state index < -0.39 is 0 Å². The van der Waals surface area contributed by atoms with Crippen molar-refractivity contribution in [1.29, 1.82) is 0 Å². The minimum absolute atomic E-state index is 0.0832. The summed E-state index contributed by atoms with van der Waals surface area (Å²) < 4.78 is 14.6. The van der Waals surface area contributed by atoms with E-state index >= 15 is 0 Å². The molecule has 0 unspecified atom stereocenters. The van der Waals surface area contributed by atoms with Gasteiger partial charge >= 0.3 is 0 Å². The third-order valence-electron chi connectivity index (χ3n) is 5.95. The number of carbonyl (C=O) groups is 1. The van der Waals surface area contributed by atoms with Crippen molar-refractivity contribution in [2.75, 3.05) is 42.9 Å². The highest BCUT2D eigenvalue weighted by atomic mass is 32.2. The summed E-state index contributed by atoms with van der Waals surface area (Å²) in [7, 11) is 1.69. The van der Waals surface area contributed by atoms with Gasteiger partial charge in [0.25, 0.3) is 5.91 Å². The van der Waals surface area contributed by atoms with Crippen LogP contribution in [0.2, 0.25) is 0 Å². The number of para-hydroxylation sites is 2. The fourth-order valence-electron chi connectivity index (χ4n) is 4.10. The maximum Gasteiger partial charge on any atom is 0.254 e. The summed E-state index contributed by atoms with van der Waals surface area (Å²) in [5.74, 6) is 1.80. The van der Waals surface area contributed by atoms with Gasteiger partial charge in [0.05, 0.1) is 18.9 Å². The fraction of sp³-hybridized carbons (Fsp3) is 0.321. The second-order valence-corrected chi connectivity index (χ2v) is 9.70. The number of nitrogens with zero attached hydrogens (tertiary/aromatic N) is 2. The summed E-state index contributed by atoms with van der Waals surface area (Å²) in [6, 6.07) is 22.0. The van der Waals surface area contributed by atoms with Gasteiger partial charge in [0.1, 0.15) is 11.5 Å². The largest absolute Gasteiger partial charge is 0.495 e. The molecule has 0 saturated carbocycles. The molecule has 6 nitrogen and oxygen atoms in total. The van der Waals surface area contributed by atoms with Crippen molar-refractivity contribution >= 4 is 29.2 Å². The highest BCUT2D eigenvalue weighted by Crippen LogP contribution is 2.29. The van der Waals surface area contributed by atoms with Gasteiger partial charge in [-0.1, -0.05) is 18.2 Å². The first-order valence-corrected chi connectivity index (χ1v) is 12.7. The molecule has 0 bridgehead atoms. The van der Waals surface area contributed by atoms with E-state index in [-0.39, 0.29) is 12.0 Å². The SMILES string of the molecule is COc1ccccc1N1CCN(C(=O)c2cc(SNc3ccc(OC(C)C)cc3)ccc2C)CC1. The summed E-state index contributed by atoms with van der Waals surface area (Å²) in [5, 5.41) is 0. The van der Waals surface area contributed by atoms with Crippen molar-refractivity contribution < 1.29 is 14.3 Å². The molecule has 3 aromatic carbocycles.